The van der Waals surface area contributed by atoms with Crippen LogP contribution in [0, 0.1) is 0 Å². The molecule has 30 heavy (non-hydrogen) atoms. The Morgan fingerprint density at radius 2 is 2.03 bits per heavy atom. The predicted octanol–water partition coefficient (Wildman–Crippen LogP) is 1.78. The van der Waals surface area contributed by atoms with E-state index >= 15 is 0 Å². The molecule has 1 aromatic carbocycles. The summed E-state index contributed by atoms with van der Waals surface area (Å²) in [5, 5.41) is 5.99. The molecule has 0 aromatic heterocycles. The van der Waals surface area contributed by atoms with E-state index in [1.165, 1.54) is 12.1 Å². The molecular formula is C19H27F3N4O3S. The quantitative estimate of drug-likeness (QED) is 0.528. The van der Waals surface area contributed by atoms with Crippen molar-refractivity contribution in [2.24, 2.45) is 4.99 Å². The van der Waals surface area contributed by atoms with E-state index in [2.05, 4.69) is 15.6 Å². The zero-order valence-electron chi connectivity index (χ0n) is 16.8. The summed E-state index contributed by atoms with van der Waals surface area (Å²) in [5.74, 6) is 0.412. The Hall–Kier alpha value is -2.01. The standard InChI is InChI=1S/C19H27F3N4O3S/c1-2-23-18(25-15-5-10-30(27,28)13-15)24-12-14-3-4-16(11-17(14)19(20,21)22)26-6-8-29-9-7-26/h3-4,11,15H,2,5-10,12-13H2,1H3,(H2,23,24,25). The van der Waals surface area contributed by atoms with Crippen LogP contribution in [0.5, 0.6) is 0 Å². The molecule has 0 bridgehead atoms. The van der Waals surface area contributed by atoms with Gasteiger partial charge in [-0.25, -0.2) is 13.4 Å². The molecule has 1 atom stereocenters. The van der Waals surface area contributed by atoms with Crippen molar-refractivity contribution < 1.29 is 26.3 Å². The number of ether oxygens (including phenoxy) is 1. The van der Waals surface area contributed by atoms with Crippen molar-refractivity contribution in [1.29, 1.82) is 0 Å². The molecular weight excluding hydrogens is 421 g/mol. The summed E-state index contributed by atoms with van der Waals surface area (Å²) in [6, 6.07) is 4.01. The third-order valence-corrected chi connectivity index (χ3v) is 6.87. The highest BCUT2D eigenvalue weighted by Gasteiger charge is 2.34. The second-order valence-corrected chi connectivity index (χ2v) is 9.61. The van der Waals surface area contributed by atoms with Crippen molar-refractivity contribution in [2.75, 3.05) is 49.3 Å². The summed E-state index contributed by atoms with van der Waals surface area (Å²) in [6.07, 6.45) is -4.05. The monoisotopic (exact) mass is 448 g/mol. The van der Waals surface area contributed by atoms with Gasteiger partial charge in [-0.05, 0) is 31.0 Å². The van der Waals surface area contributed by atoms with E-state index in [4.69, 9.17) is 4.74 Å². The minimum atomic E-state index is -4.50. The summed E-state index contributed by atoms with van der Waals surface area (Å²) in [4.78, 5) is 6.15. The topological polar surface area (TPSA) is 83.0 Å². The fourth-order valence-corrected chi connectivity index (χ4v) is 5.24. The zero-order valence-corrected chi connectivity index (χ0v) is 17.7. The molecule has 2 saturated heterocycles. The fraction of sp³-hybridized carbons (Fsp3) is 0.632. The second kappa shape index (κ2) is 9.42. The third-order valence-electron chi connectivity index (χ3n) is 5.10. The average molecular weight is 449 g/mol. The molecule has 3 rings (SSSR count). The number of nitrogens with zero attached hydrogens (tertiary/aromatic N) is 2. The van der Waals surface area contributed by atoms with Gasteiger partial charge in [-0.3, -0.25) is 0 Å². The summed E-state index contributed by atoms with van der Waals surface area (Å²) in [6.45, 7) is 4.24. The lowest BCUT2D eigenvalue weighted by atomic mass is 10.1. The number of alkyl halides is 3. The lowest BCUT2D eigenvalue weighted by Crippen LogP contribution is -2.44. The number of hydrogen-bond donors (Lipinski definition) is 2. The van der Waals surface area contributed by atoms with Gasteiger partial charge in [-0.15, -0.1) is 0 Å². The number of sulfone groups is 1. The number of hydrogen-bond acceptors (Lipinski definition) is 5. The van der Waals surface area contributed by atoms with Gasteiger partial charge >= 0.3 is 6.18 Å². The zero-order chi connectivity index (χ0) is 21.8. The van der Waals surface area contributed by atoms with E-state index in [1.807, 2.05) is 11.8 Å². The molecule has 2 heterocycles. The molecule has 0 spiro atoms. The minimum Gasteiger partial charge on any atom is -0.378 e. The molecule has 1 aromatic rings. The summed E-state index contributed by atoms with van der Waals surface area (Å²) >= 11 is 0. The van der Waals surface area contributed by atoms with Gasteiger partial charge < -0.3 is 20.3 Å². The lowest BCUT2D eigenvalue weighted by molar-refractivity contribution is -0.138. The minimum absolute atomic E-state index is 0.000534. The molecule has 2 aliphatic rings. The van der Waals surface area contributed by atoms with Crippen LogP contribution in [-0.4, -0.2) is 64.8 Å². The van der Waals surface area contributed by atoms with Crippen molar-refractivity contribution in [3.8, 4) is 0 Å². The van der Waals surface area contributed by atoms with Gasteiger partial charge in [0.15, 0.2) is 15.8 Å². The van der Waals surface area contributed by atoms with E-state index in [0.717, 1.165) is 0 Å². The number of halogens is 3. The van der Waals surface area contributed by atoms with Crippen molar-refractivity contribution in [2.45, 2.75) is 32.1 Å². The van der Waals surface area contributed by atoms with Gasteiger partial charge in [-0.1, -0.05) is 6.07 Å². The molecule has 1 unspecified atom stereocenters. The summed E-state index contributed by atoms with van der Waals surface area (Å²) in [7, 11) is -3.07. The van der Waals surface area contributed by atoms with Crippen LogP contribution in [0.4, 0.5) is 18.9 Å². The van der Waals surface area contributed by atoms with Crippen LogP contribution in [0.3, 0.4) is 0 Å². The van der Waals surface area contributed by atoms with Crippen molar-refractivity contribution in [1.82, 2.24) is 10.6 Å². The van der Waals surface area contributed by atoms with Crippen LogP contribution in [0.2, 0.25) is 0 Å². The Morgan fingerprint density at radius 1 is 1.30 bits per heavy atom. The van der Waals surface area contributed by atoms with Crippen molar-refractivity contribution in [3.05, 3.63) is 29.3 Å². The number of aliphatic imine (C=N–C) groups is 1. The molecule has 11 heteroatoms. The Balaban J connectivity index is 1.78. The van der Waals surface area contributed by atoms with Crippen LogP contribution in [0.25, 0.3) is 0 Å². The van der Waals surface area contributed by atoms with E-state index in [9.17, 15) is 21.6 Å². The first-order chi connectivity index (χ1) is 14.2. The highest BCUT2D eigenvalue weighted by atomic mass is 32.2. The highest BCUT2D eigenvalue weighted by molar-refractivity contribution is 7.91. The smallest absolute Gasteiger partial charge is 0.378 e. The Bertz CT molecular complexity index is 868. The SMILES string of the molecule is CCNC(=NCc1ccc(N2CCOCC2)cc1C(F)(F)F)NC1CCS(=O)(=O)C1. The molecule has 0 amide bonds. The number of nitrogens with one attached hydrogen (secondary N) is 2. The maximum atomic E-state index is 13.7. The van der Waals surface area contributed by atoms with Gasteiger partial charge in [0.1, 0.15) is 0 Å². The van der Waals surface area contributed by atoms with Gasteiger partial charge in [0.05, 0.1) is 36.8 Å². The molecule has 0 saturated carbocycles. The second-order valence-electron chi connectivity index (χ2n) is 7.38. The molecule has 2 N–H and O–H groups in total. The number of rotatable bonds is 5. The van der Waals surface area contributed by atoms with Gasteiger partial charge in [0, 0.05) is 31.4 Å². The normalized spacial score (nSPS) is 22.2. The summed E-state index contributed by atoms with van der Waals surface area (Å²) < 4.78 is 69.6. The van der Waals surface area contributed by atoms with E-state index in [1.54, 1.807) is 6.07 Å². The first-order valence-corrected chi connectivity index (χ1v) is 11.8. The number of benzene rings is 1. The Kier molecular flexibility index (Phi) is 7.12. The third kappa shape index (κ3) is 6.00. The van der Waals surface area contributed by atoms with Crippen LogP contribution in [-0.2, 0) is 27.3 Å². The molecule has 7 nitrogen and oxygen atoms in total. The average Bonchev–Trinajstić information content (AvgIpc) is 3.04. The van der Waals surface area contributed by atoms with Crippen molar-refractivity contribution >= 4 is 21.5 Å². The van der Waals surface area contributed by atoms with Gasteiger partial charge in [0.25, 0.3) is 0 Å². The number of guanidine groups is 1. The van der Waals surface area contributed by atoms with Gasteiger partial charge in [-0.2, -0.15) is 13.2 Å². The Labute approximate surface area is 174 Å². The maximum absolute atomic E-state index is 13.7. The van der Waals surface area contributed by atoms with Crippen LogP contribution in [0.15, 0.2) is 23.2 Å². The number of morpholine rings is 1. The molecule has 2 fully saturated rings. The van der Waals surface area contributed by atoms with Crippen LogP contribution >= 0.6 is 0 Å². The predicted molar refractivity (Wildman–Crippen MR) is 109 cm³/mol. The van der Waals surface area contributed by atoms with Gasteiger partial charge in [0.2, 0.25) is 0 Å². The van der Waals surface area contributed by atoms with Crippen LogP contribution in [0.1, 0.15) is 24.5 Å². The molecule has 0 radical (unpaired) electrons. The first-order valence-electron chi connectivity index (χ1n) is 9.96. The van der Waals surface area contributed by atoms with E-state index < -0.39 is 21.6 Å². The number of anilines is 1. The first kappa shape index (κ1) is 22.7. The lowest BCUT2D eigenvalue weighted by Gasteiger charge is -2.29. The maximum Gasteiger partial charge on any atom is 0.416 e. The van der Waals surface area contributed by atoms with Crippen LogP contribution < -0.4 is 15.5 Å². The van der Waals surface area contributed by atoms with E-state index in [0.29, 0.717) is 50.9 Å². The van der Waals surface area contributed by atoms with Crippen molar-refractivity contribution in [3.63, 3.8) is 0 Å². The fourth-order valence-electron chi connectivity index (χ4n) is 3.57. The van der Waals surface area contributed by atoms with E-state index in [-0.39, 0.29) is 29.7 Å². The summed E-state index contributed by atoms with van der Waals surface area (Å²) in [5.41, 5.74) is -0.134. The molecule has 2 aliphatic heterocycles. The molecule has 168 valence electrons. The largest absolute Gasteiger partial charge is 0.416 e. The molecule has 0 aliphatic carbocycles. The Morgan fingerprint density at radius 3 is 2.63 bits per heavy atom. The highest BCUT2D eigenvalue weighted by Crippen LogP contribution is 2.35.